The first-order valence-corrected chi connectivity index (χ1v) is 6.41. The number of β-amino-alcohol motifs (C(OH)–C–C–N with tert-alkyl or cyclic N) is 1. The molecule has 3 heterocycles. The van der Waals surface area contributed by atoms with Crippen molar-refractivity contribution in [3.63, 3.8) is 0 Å². The number of pyridine rings is 1. The lowest BCUT2D eigenvalue weighted by Crippen LogP contribution is -2.63. The fraction of sp³-hybridized carbons (Fsp3) is 0.538. The number of aliphatic hydroxyl groups is 1. The molecule has 1 aliphatic carbocycles. The van der Waals surface area contributed by atoms with Crippen LogP contribution in [0.3, 0.4) is 0 Å². The second-order valence-electron chi connectivity index (χ2n) is 5.59. The summed E-state index contributed by atoms with van der Waals surface area (Å²) >= 11 is 0. The third-order valence-electron chi connectivity index (χ3n) is 4.19. The van der Waals surface area contributed by atoms with E-state index in [9.17, 15) is 5.11 Å². The van der Waals surface area contributed by atoms with E-state index in [1.54, 1.807) is 0 Å². The topological polar surface area (TPSA) is 54.2 Å². The first-order chi connectivity index (χ1) is 8.67. The molecular weight excluding hydrogens is 228 g/mol. The van der Waals surface area contributed by atoms with Crippen LogP contribution in [0, 0.1) is 5.92 Å². The molecule has 0 aromatic carbocycles. The summed E-state index contributed by atoms with van der Waals surface area (Å²) in [7, 11) is 1.98. The van der Waals surface area contributed by atoms with E-state index in [0.717, 1.165) is 16.9 Å². The summed E-state index contributed by atoms with van der Waals surface area (Å²) in [6.45, 7) is 1.39. The smallest absolute Gasteiger partial charge is 0.156 e. The molecule has 1 saturated heterocycles. The maximum Gasteiger partial charge on any atom is 0.156 e. The number of hydrogen-bond donors (Lipinski definition) is 1. The lowest BCUT2D eigenvalue weighted by atomic mass is 9.89. The molecule has 1 aliphatic heterocycles. The number of fused-ring (bicyclic) bond motifs is 1. The average Bonchev–Trinajstić information content (AvgIpc) is 3.11. The van der Waals surface area contributed by atoms with Gasteiger partial charge in [0.1, 0.15) is 11.1 Å². The number of aromatic nitrogens is 3. The van der Waals surface area contributed by atoms with Crippen LogP contribution in [0.15, 0.2) is 18.6 Å². The van der Waals surface area contributed by atoms with Gasteiger partial charge >= 0.3 is 0 Å². The van der Waals surface area contributed by atoms with E-state index in [0.29, 0.717) is 19.0 Å². The highest BCUT2D eigenvalue weighted by molar-refractivity contribution is 5.86. The minimum atomic E-state index is -0.474. The molecule has 2 fully saturated rings. The minimum Gasteiger partial charge on any atom is -0.386 e. The highest BCUT2D eigenvalue weighted by atomic mass is 16.3. The van der Waals surface area contributed by atoms with Gasteiger partial charge in [0.25, 0.3) is 0 Å². The molecule has 0 unspecified atom stereocenters. The van der Waals surface area contributed by atoms with Crippen molar-refractivity contribution in [3.8, 4) is 0 Å². The Bertz CT molecular complexity index is 610. The second kappa shape index (κ2) is 3.23. The van der Waals surface area contributed by atoms with Gasteiger partial charge in [0.15, 0.2) is 5.82 Å². The Kier molecular flexibility index (Phi) is 1.85. The molecule has 0 bridgehead atoms. The molecule has 94 valence electrons. The zero-order valence-electron chi connectivity index (χ0n) is 10.4. The highest BCUT2D eigenvalue weighted by Crippen LogP contribution is 2.45. The zero-order valence-corrected chi connectivity index (χ0v) is 10.4. The van der Waals surface area contributed by atoms with Crippen molar-refractivity contribution in [1.82, 2.24) is 14.5 Å². The van der Waals surface area contributed by atoms with Crippen molar-refractivity contribution in [2.75, 3.05) is 18.0 Å². The Balaban J connectivity index is 1.68. The summed E-state index contributed by atoms with van der Waals surface area (Å²) in [5.74, 6) is 1.41. The van der Waals surface area contributed by atoms with Crippen LogP contribution >= 0.6 is 0 Å². The minimum absolute atomic E-state index is 0.474. The lowest BCUT2D eigenvalue weighted by Gasteiger charge is -2.47. The average molecular weight is 244 g/mol. The molecule has 0 spiro atoms. The lowest BCUT2D eigenvalue weighted by molar-refractivity contribution is -0.00958. The van der Waals surface area contributed by atoms with Gasteiger partial charge in [0.05, 0.1) is 24.9 Å². The van der Waals surface area contributed by atoms with Crippen LogP contribution in [0.2, 0.25) is 0 Å². The predicted octanol–water partition coefficient (Wildman–Crippen LogP) is 0.929. The van der Waals surface area contributed by atoms with Crippen molar-refractivity contribution >= 4 is 16.9 Å². The maximum absolute atomic E-state index is 10.4. The molecule has 5 nitrogen and oxygen atoms in total. The van der Waals surface area contributed by atoms with Gasteiger partial charge in [0, 0.05) is 13.2 Å². The van der Waals surface area contributed by atoms with E-state index >= 15 is 0 Å². The molecule has 1 saturated carbocycles. The number of imidazole rings is 1. The van der Waals surface area contributed by atoms with Gasteiger partial charge in [-0.2, -0.15) is 0 Å². The summed E-state index contributed by atoms with van der Waals surface area (Å²) in [6.07, 6.45) is 5.97. The van der Waals surface area contributed by atoms with E-state index in [2.05, 4.69) is 14.9 Å². The van der Waals surface area contributed by atoms with E-state index in [1.807, 2.05) is 30.2 Å². The Morgan fingerprint density at radius 3 is 2.83 bits per heavy atom. The van der Waals surface area contributed by atoms with Gasteiger partial charge in [-0.15, -0.1) is 0 Å². The fourth-order valence-corrected chi connectivity index (χ4v) is 2.92. The van der Waals surface area contributed by atoms with Gasteiger partial charge in [-0.25, -0.2) is 9.97 Å². The summed E-state index contributed by atoms with van der Waals surface area (Å²) in [4.78, 5) is 11.0. The third-order valence-corrected chi connectivity index (χ3v) is 4.19. The van der Waals surface area contributed by atoms with Crippen LogP contribution in [0.5, 0.6) is 0 Å². The molecule has 0 radical (unpaired) electrons. The fourth-order valence-electron chi connectivity index (χ4n) is 2.92. The molecular formula is C13H16N4O. The third kappa shape index (κ3) is 1.31. The van der Waals surface area contributed by atoms with Gasteiger partial charge in [-0.1, -0.05) is 0 Å². The second-order valence-corrected chi connectivity index (χ2v) is 5.59. The Hall–Kier alpha value is -1.62. The number of hydrogen-bond acceptors (Lipinski definition) is 4. The maximum atomic E-state index is 10.4. The van der Waals surface area contributed by atoms with E-state index in [-0.39, 0.29) is 0 Å². The number of aryl methyl sites for hydroxylation is 1. The summed E-state index contributed by atoms with van der Waals surface area (Å²) < 4.78 is 1.99. The SMILES string of the molecule is Cn1cnc2c(N3CC(O)(C4CC4)C3)nccc21. The molecule has 4 rings (SSSR count). The predicted molar refractivity (Wildman–Crippen MR) is 68.4 cm³/mol. The monoisotopic (exact) mass is 244 g/mol. The Labute approximate surface area is 105 Å². The quantitative estimate of drug-likeness (QED) is 0.854. The van der Waals surface area contributed by atoms with Gasteiger partial charge < -0.3 is 14.6 Å². The number of anilines is 1. The largest absolute Gasteiger partial charge is 0.386 e. The van der Waals surface area contributed by atoms with Gasteiger partial charge in [0.2, 0.25) is 0 Å². The standard InChI is InChI=1S/C13H16N4O/c1-16-8-15-11-10(16)4-5-14-12(11)17-6-13(18,7-17)9-2-3-9/h4-5,8-9,18H,2-3,6-7H2,1H3. The summed E-state index contributed by atoms with van der Waals surface area (Å²) in [6, 6.07) is 1.97. The molecule has 2 aromatic rings. The number of nitrogens with zero attached hydrogens (tertiary/aromatic N) is 4. The van der Waals surface area contributed by atoms with Crippen molar-refractivity contribution in [2.45, 2.75) is 18.4 Å². The van der Waals surface area contributed by atoms with Crippen LogP contribution in [0.4, 0.5) is 5.82 Å². The molecule has 0 amide bonds. The van der Waals surface area contributed by atoms with Crippen LogP contribution in [0.25, 0.3) is 11.0 Å². The molecule has 1 N–H and O–H groups in total. The number of rotatable bonds is 2. The highest BCUT2D eigenvalue weighted by Gasteiger charge is 2.52. The molecule has 2 aromatic heterocycles. The van der Waals surface area contributed by atoms with Crippen molar-refractivity contribution in [1.29, 1.82) is 0 Å². The van der Waals surface area contributed by atoms with Crippen molar-refractivity contribution in [2.24, 2.45) is 13.0 Å². The molecule has 18 heavy (non-hydrogen) atoms. The van der Waals surface area contributed by atoms with Crippen molar-refractivity contribution in [3.05, 3.63) is 18.6 Å². The van der Waals surface area contributed by atoms with E-state index < -0.39 is 5.60 Å². The first-order valence-electron chi connectivity index (χ1n) is 6.41. The zero-order chi connectivity index (χ0) is 12.3. The Morgan fingerprint density at radius 2 is 2.11 bits per heavy atom. The molecule has 5 heteroatoms. The molecule has 2 aliphatic rings. The first kappa shape index (κ1) is 10.3. The van der Waals surface area contributed by atoms with Gasteiger partial charge in [-0.3, -0.25) is 0 Å². The summed E-state index contributed by atoms with van der Waals surface area (Å²) in [5, 5.41) is 10.4. The van der Waals surface area contributed by atoms with Crippen molar-refractivity contribution < 1.29 is 5.11 Å². The van der Waals surface area contributed by atoms with E-state index in [1.165, 1.54) is 12.8 Å². The van der Waals surface area contributed by atoms with Crippen LogP contribution in [-0.4, -0.2) is 38.3 Å². The molecule has 0 atom stereocenters. The Morgan fingerprint density at radius 1 is 1.33 bits per heavy atom. The van der Waals surface area contributed by atoms with Crippen LogP contribution in [0.1, 0.15) is 12.8 Å². The normalized spacial score (nSPS) is 22.2. The van der Waals surface area contributed by atoms with Crippen LogP contribution in [-0.2, 0) is 7.05 Å². The van der Waals surface area contributed by atoms with Crippen LogP contribution < -0.4 is 4.90 Å². The van der Waals surface area contributed by atoms with E-state index in [4.69, 9.17) is 0 Å². The summed E-state index contributed by atoms with van der Waals surface area (Å²) in [5.41, 5.74) is 1.54. The van der Waals surface area contributed by atoms with Gasteiger partial charge in [-0.05, 0) is 24.8 Å².